The minimum absolute atomic E-state index is 0.132. The summed E-state index contributed by atoms with van der Waals surface area (Å²) in [6, 6.07) is 28.5. The lowest BCUT2D eigenvalue weighted by molar-refractivity contribution is -0.149. The summed E-state index contributed by atoms with van der Waals surface area (Å²) in [6.07, 6.45) is 0.389. The van der Waals surface area contributed by atoms with Crippen LogP contribution in [0.25, 0.3) is 0 Å². The molecule has 1 N–H and O–H groups in total. The van der Waals surface area contributed by atoms with E-state index >= 15 is 0 Å². The second kappa shape index (κ2) is 10.2. The van der Waals surface area contributed by atoms with Gasteiger partial charge in [0.2, 0.25) is 5.91 Å². The Balaban J connectivity index is 1.40. The second-order valence-electron chi connectivity index (χ2n) is 8.19. The maximum atomic E-state index is 13.0. The molecule has 5 nitrogen and oxygen atoms in total. The Morgan fingerprint density at radius 2 is 1.38 bits per heavy atom. The molecule has 1 saturated heterocycles. The highest BCUT2D eigenvalue weighted by Gasteiger charge is 2.49. The smallest absolute Gasteiger partial charge is 0.329 e. The third-order valence-corrected chi connectivity index (χ3v) is 5.83. The number of amides is 1. The molecule has 0 saturated carbocycles. The maximum Gasteiger partial charge on any atom is 0.329 e. The molecule has 0 aromatic heterocycles. The monoisotopic (exact) mass is 428 g/mol. The van der Waals surface area contributed by atoms with Crippen LogP contribution in [-0.4, -0.2) is 34.9 Å². The molecule has 1 amide bonds. The standard InChI is InChI=1S/C27H28N2O3/c1-20-25(29(20)18-22-13-7-3-8-14-22)26(30)28-24(17-21-11-5-2-6-12-21)27(31)32-19-23-15-9-4-10-16-23/h2-16,20,24-25H,17-19H2,1H3,(H,28,30)/t20-,24-,25-,29?/m0/s1. The molecule has 4 atom stereocenters. The zero-order valence-electron chi connectivity index (χ0n) is 18.2. The Hall–Kier alpha value is -3.44. The van der Waals surface area contributed by atoms with E-state index < -0.39 is 12.0 Å². The molecule has 1 heterocycles. The first-order valence-electron chi connectivity index (χ1n) is 11.0. The maximum absolute atomic E-state index is 13.0. The largest absolute Gasteiger partial charge is 0.459 e. The molecule has 3 aromatic carbocycles. The first-order chi connectivity index (χ1) is 15.6. The summed E-state index contributed by atoms with van der Waals surface area (Å²) in [5.41, 5.74) is 3.05. The fraction of sp³-hybridized carbons (Fsp3) is 0.259. The molecule has 0 spiro atoms. The van der Waals surface area contributed by atoms with Crippen LogP contribution in [0.5, 0.6) is 0 Å². The van der Waals surface area contributed by atoms with Crippen LogP contribution >= 0.6 is 0 Å². The molecule has 0 bridgehead atoms. The van der Waals surface area contributed by atoms with E-state index in [9.17, 15) is 9.59 Å². The van der Waals surface area contributed by atoms with E-state index in [1.54, 1.807) is 0 Å². The lowest BCUT2D eigenvalue weighted by atomic mass is 10.1. The van der Waals surface area contributed by atoms with Crippen molar-refractivity contribution in [3.05, 3.63) is 108 Å². The molecule has 1 unspecified atom stereocenters. The molecular formula is C27H28N2O3. The number of hydrogen-bond donors (Lipinski definition) is 1. The van der Waals surface area contributed by atoms with Crippen molar-refractivity contribution in [3.63, 3.8) is 0 Å². The number of hydrogen-bond acceptors (Lipinski definition) is 4. The Kier molecular flexibility index (Phi) is 6.97. The van der Waals surface area contributed by atoms with Gasteiger partial charge in [-0.25, -0.2) is 4.79 Å². The van der Waals surface area contributed by atoms with Crippen LogP contribution in [0.3, 0.4) is 0 Å². The van der Waals surface area contributed by atoms with E-state index in [-0.39, 0.29) is 24.6 Å². The van der Waals surface area contributed by atoms with Crippen LogP contribution in [0.2, 0.25) is 0 Å². The van der Waals surface area contributed by atoms with E-state index in [0.717, 1.165) is 16.7 Å². The normalized spacial score (nSPS) is 20.2. The molecule has 0 radical (unpaired) electrons. The number of carbonyl (C=O) groups is 2. The Morgan fingerprint density at radius 3 is 1.97 bits per heavy atom. The molecule has 0 aliphatic carbocycles. The summed E-state index contributed by atoms with van der Waals surface area (Å²) in [6.45, 7) is 2.93. The molecule has 32 heavy (non-hydrogen) atoms. The highest BCUT2D eigenvalue weighted by Crippen LogP contribution is 2.30. The van der Waals surface area contributed by atoms with Gasteiger partial charge in [0.05, 0.1) is 0 Å². The summed E-state index contributed by atoms with van der Waals surface area (Å²) < 4.78 is 5.55. The second-order valence-corrected chi connectivity index (χ2v) is 8.19. The SMILES string of the molecule is C[C@H]1[C@@H](C(=O)N[C@@H](Cc2ccccc2)C(=O)OCc2ccccc2)N1Cc1ccccc1. The van der Waals surface area contributed by atoms with Crippen molar-refractivity contribution in [1.29, 1.82) is 0 Å². The van der Waals surface area contributed by atoms with Crippen molar-refractivity contribution in [2.75, 3.05) is 0 Å². The van der Waals surface area contributed by atoms with Gasteiger partial charge >= 0.3 is 5.97 Å². The topological polar surface area (TPSA) is 58.4 Å². The van der Waals surface area contributed by atoms with Crippen molar-refractivity contribution in [3.8, 4) is 0 Å². The van der Waals surface area contributed by atoms with E-state index in [4.69, 9.17) is 4.74 Å². The fourth-order valence-electron chi connectivity index (χ4n) is 3.94. The lowest BCUT2D eigenvalue weighted by Crippen LogP contribution is -2.45. The van der Waals surface area contributed by atoms with Gasteiger partial charge in [-0.05, 0) is 23.6 Å². The lowest BCUT2D eigenvalue weighted by Gasteiger charge is -2.18. The molecule has 3 aromatic rings. The zero-order valence-corrected chi connectivity index (χ0v) is 18.2. The van der Waals surface area contributed by atoms with Gasteiger partial charge in [0.25, 0.3) is 0 Å². The van der Waals surface area contributed by atoms with Crippen molar-refractivity contribution in [2.45, 2.75) is 44.6 Å². The third kappa shape index (κ3) is 5.62. The first kappa shape index (κ1) is 21.8. The number of nitrogens with zero attached hydrogens (tertiary/aromatic N) is 1. The molecule has 4 rings (SSSR count). The van der Waals surface area contributed by atoms with Crippen molar-refractivity contribution in [1.82, 2.24) is 10.2 Å². The summed E-state index contributed by atoms with van der Waals surface area (Å²) in [4.78, 5) is 28.1. The van der Waals surface area contributed by atoms with E-state index in [2.05, 4.69) is 22.3 Å². The van der Waals surface area contributed by atoms with Crippen LogP contribution < -0.4 is 5.32 Å². The minimum atomic E-state index is -0.736. The van der Waals surface area contributed by atoms with Crippen LogP contribution in [-0.2, 0) is 33.9 Å². The number of rotatable bonds is 9. The average Bonchev–Trinajstić information content (AvgIpc) is 3.47. The average molecular weight is 429 g/mol. The number of carbonyl (C=O) groups excluding carboxylic acids is 2. The highest BCUT2D eigenvalue weighted by atomic mass is 16.5. The van der Waals surface area contributed by atoms with Gasteiger partial charge in [0.1, 0.15) is 18.7 Å². The predicted molar refractivity (Wildman–Crippen MR) is 124 cm³/mol. The Morgan fingerprint density at radius 1 is 0.844 bits per heavy atom. The molecule has 1 fully saturated rings. The van der Waals surface area contributed by atoms with Gasteiger partial charge in [-0.15, -0.1) is 0 Å². The summed E-state index contributed by atoms with van der Waals surface area (Å²) in [5, 5.41) is 2.95. The van der Waals surface area contributed by atoms with Gasteiger partial charge in [-0.3, -0.25) is 9.69 Å². The molecule has 5 heteroatoms. The van der Waals surface area contributed by atoms with Crippen molar-refractivity contribution < 1.29 is 14.3 Å². The minimum Gasteiger partial charge on any atom is -0.459 e. The van der Waals surface area contributed by atoms with Gasteiger partial charge in [-0.1, -0.05) is 91.0 Å². The van der Waals surface area contributed by atoms with E-state index in [1.807, 2.05) is 85.8 Å². The Bertz CT molecular complexity index is 1020. The van der Waals surface area contributed by atoms with Crippen molar-refractivity contribution >= 4 is 11.9 Å². The van der Waals surface area contributed by atoms with Crippen LogP contribution in [0.15, 0.2) is 91.0 Å². The van der Waals surface area contributed by atoms with Crippen LogP contribution in [0.4, 0.5) is 0 Å². The third-order valence-electron chi connectivity index (χ3n) is 5.83. The van der Waals surface area contributed by atoms with Gasteiger partial charge < -0.3 is 10.1 Å². The molecule has 164 valence electrons. The number of ether oxygens (including phenoxy) is 1. The van der Waals surface area contributed by atoms with Crippen LogP contribution in [0.1, 0.15) is 23.6 Å². The zero-order chi connectivity index (χ0) is 22.3. The Labute approximate surface area is 189 Å². The van der Waals surface area contributed by atoms with E-state index in [0.29, 0.717) is 13.0 Å². The molecule has 1 aliphatic rings. The quantitative estimate of drug-likeness (QED) is 0.417. The summed E-state index contributed by atoms with van der Waals surface area (Å²) >= 11 is 0. The predicted octanol–water partition coefficient (Wildman–Crippen LogP) is 3.73. The number of esters is 1. The molecule has 1 aliphatic heterocycles. The summed E-state index contributed by atoms with van der Waals surface area (Å²) in [7, 11) is 0. The molecular weight excluding hydrogens is 400 g/mol. The van der Waals surface area contributed by atoms with Gasteiger partial charge in [0, 0.05) is 19.0 Å². The highest BCUT2D eigenvalue weighted by molar-refractivity contribution is 5.90. The summed E-state index contributed by atoms with van der Waals surface area (Å²) in [5.74, 6) is -0.556. The first-order valence-corrected chi connectivity index (χ1v) is 11.0. The number of benzene rings is 3. The fourth-order valence-corrected chi connectivity index (χ4v) is 3.94. The van der Waals surface area contributed by atoms with E-state index in [1.165, 1.54) is 0 Å². The van der Waals surface area contributed by atoms with Crippen LogP contribution in [0, 0.1) is 0 Å². The number of nitrogens with one attached hydrogen (secondary N) is 1. The van der Waals surface area contributed by atoms with Gasteiger partial charge in [-0.2, -0.15) is 0 Å². The van der Waals surface area contributed by atoms with Crippen molar-refractivity contribution in [2.24, 2.45) is 0 Å². The van der Waals surface area contributed by atoms with Gasteiger partial charge in [0.15, 0.2) is 0 Å².